The Morgan fingerprint density at radius 1 is 1.45 bits per heavy atom. The standard InChI is InChI=1S/C11H15N5O3S/c1-19-11-3-2-9(8-10(11)12)20(17,18)14-5-7-16-6-4-13-15-16/h2-4,6,8,14H,5,7,12H2,1H3. The Kier molecular flexibility index (Phi) is 4.20. The van der Waals surface area contributed by atoms with Crippen molar-refractivity contribution in [1.82, 2.24) is 19.7 Å². The predicted molar refractivity (Wildman–Crippen MR) is 72.6 cm³/mol. The second-order valence-corrected chi connectivity index (χ2v) is 5.73. The van der Waals surface area contributed by atoms with E-state index in [1.165, 1.54) is 36.2 Å². The van der Waals surface area contributed by atoms with Gasteiger partial charge in [0.15, 0.2) is 0 Å². The molecule has 1 heterocycles. The second kappa shape index (κ2) is 5.88. The third-order valence-electron chi connectivity index (χ3n) is 2.62. The van der Waals surface area contributed by atoms with Gasteiger partial charge in [-0.15, -0.1) is 5.10 Å². The van der Waals surface area contributed by atoms with Gasteiger partial charge in [0.25, 0.3) is 0 Å². The zero-order chi connectivity index (χ0) is 14.6. The van der Waals surface area contributed by atoms with Gasteiger partial charge in [-0.05, 0) is 18.2 Å². The van der Waals surface area contributed by atoms with Gasteiger partial charge in [-0.25, -0.2) is 13.1 Å². The normalized spacial score (nSPS) is 11.4. The molecule has 0 unspecified atom stereocenters. The molecule has 0 amide bonds. The molecule has 0 atom stereocenters. The Labute approximate surface area is 116 Å². The lowest BCUT2D eigenvalue weighted by Crippen LogP contribution is -2.27. The maximum Gasteiger partial charge on any atom is 0.240 e. The van der Waals surface area contributed by atoms with Gasteiger partial charge < -0.3 is 10.5 Å². The minimum absolute atomic E-state index is 0.0920. The molecular formula is C11H15N5O3S. The van der Waals surface area contributed by atoms with Crippen molar-refractivity contribution in [3.05, 3.63) is 30.6 Å². The van der Waals surface area contributed by atoms with E-state index in [9.17, 15) is 8.42 Å². The maximum atomic E-state index is 12.1. The molecule has 9 heteroatoms. The maximum absolute atomic E-state index is 12.1. The third-order valence-corrected chi connectivity index (χ3v) is 4.08. The zero-order valence-electron chi connectivity index (χ0n) is 10.9. The number of ether oxygens (including phenoxy) is 1. The molecule has 0 aliphatic heterocycles. The Morgan fingerprint density at radius 2 is 2.25 bits per heavy atom. The summed E-state index contributed by atoms with van der Waals surface area (Å²) >= 11 is 0. The molecule has 0 aliphatic rings. The van der Waals surface area contributed by atoms with Crippen LogP contribution in [0.5, 0.6) is 5.75 Å². The summed E-state index contributed by atoms with van der Waals surface area (Å²) in [4.78, 5) is 0.0920. The average molecular weight is 297 g/mol. The number of nitrogens with zero attached hydrogens (tertiary/aromatic N) is 3. The molecule has 1 aromatic heterocycles. The molecule has 20 heavy (non-hydrogen) atoms. The SMILES string of the molecule is COc1ccc(S(=O)(=O)NCCn2ccnn2)cc1N. The number of aromatic nitrogens is 3. The molecule has 3 N–H and O–H groups in total. The Morgan fingerprint density at radius 3 is 2.85 bits per heavy atom. The van der Waals surface area contributed by atoms with E-state index in [1.54, 1.807) is 6.20 Å². The first kappa shape index (κ1) is 14.3. The molecule has 2 aromatic rings. The molecule has 0 saturated carbocycles. The second-order valence-electron chi connectivity index (χ2n) is 3.97. The lowest BCUT2D eigenvalue weighted by Gasteiger charge is -2.09. The fraction of sp³-hybridized carbons (Fsp3) is 0.273. The molecule has 108 valence electrons. The number of nitrogen functional groups attached to an aromatic ring is 1. The Bertz CT molecular complexity index is 669. The van der Waals surface area contributed by atoms with Gasteiger partial charge in [0, 0.05) is 12.7 Å². The summed E-state index contributed by atoms with van der Waals surface area (Å²) in [6.45, 7) is 0.600. The monoisotopic (exact) mass is 297 g/mol. The quantitative estimate of drug-likeness (QED) is 0.717. The van der Waals surface area contributed by atoms with Gasteiger partial charge in [-0.2, -0.15) is 0 Å². The molecule has 0 fully saturated rings. The van der Waals surface area contributed by atoms with Gasteiger partial charge >= 0.3 is 0 Å². The molecule has 0 spiro atoms. The fourth-order valence-corrected chi connectivity index (χ4v) is 2.67. The van der Waals surface area contributed by atoms with Crippen LogP contribution in [0, 0.1) is 0 Å². The summed E-state index contributed by atoms with van der Waals surface area (Å²) in [7, 11) is -2.14. The number of hydrogen-bond donors (Lipinski definition) is 2. The highest BCUT2D eigenvalue weighted by molar-refractivity contribution is 7.89. The Balaban J connectivity index is 2.04. The van der Waals surface area contributed by atoms with Crippen LogP contribution in [0.15, 0.2) is 35.5 Å². The number of nitrogens with one attached hydrogen (secondary N) is 1. The molecular weight excluding hydrogens is 282 g/mol. The van der Waals surface area contributed by atoms with Crippen molar-refractivity contribution in [1.29, 1.82) is 0 Å². The average Bonchev–Trinajstić information content (AvgIpc) is 2.91. The van der Waals surface area contributed by atoms with Crippen LogP contribution in [0.3, 0.4) is 0 Å². The van der Waals surface area contributed by atoms with Crippen molar-refractivity contribution in [2.45, 2.75) is 11.4 Å². The summed E-state index contributed by atoms with van der Waals surface area (Å²) in [5.74, 6) is 0.437. The molecule has 0 saturated heterocycles. The first-order valence-electron chi connectivity index (χ1n) is 5.80. The number of methoxy groups -OCH3 is 1. The van der Waals surface area contributed by atoms with Crippen LogP contribution in [0.2, 0.25) is 0 Å². The minimum atomic E-state index is -3.61. The summed E-state index contributed by atoms with van der Waals surface area (Å²) in [6, 6.07) is 4.31. The van der Waals surface area contributed by atoms with Crippen molar-refractivity contribution in [3.63, 3.8) is 0 Å². The summed E-state index contributed by atoms with van der Waals surface area (Å²) < 4.78 is 33.1. The predicted octanol–water partition coefficient (Wildman–Crippen LogP) is -0.153. The highest BCUT2D eigenvalue weighted by atomic mass is 32.2. The van der Waals surface area contributed by atoms with Crippen molar-refractivity contribution < 1.29 is 13.2 Å². The molecule has 1 aromatic carbocycles. The smallest absolute Gasteiger partial charge is 0.240 e. The summed E-state index contributed by atoms with van der Waals surface area (Å²) in [5.41, 5.74) is 5.96. The lowest BCUT2D eigenvalue weighted by molar-refractivity contribution is 0.416. The Hall–Kier alpha value is -2.13. The van der Waals surface area contributed by atoms with Crippen LogP contribution in [0.4, 0.5) is 5.69 Å². The largest absolute Gasteiger partial charge is 0.495 e. The number of nitrogens with two attached hydrogens (primary N) is 1. The fourth-order valence-electron chi connectivity index (χ4n) is 1.61. The molecule has 8 nitrogen and oxygen atoms in total. The van der Waals surface area contributed by atoms with Crippen LogP contribution >= 0.6 is 0 Å². The number of sulfonamides is 1. The number of anilines is 1. The van der Waals surface area contributed by atoms with E-state index in [0.29, 0.717) is 12.3 Å². The zero-order valence-corrected chi connectivity index (χ0v) is 11.7. The highest BCUT2D eigenvalue weighted by Gasteiger charge is 2.15. The van der Waals surface area contributed by atoms with E-state index < -0.39 is 10.0 Å². The number of benzene rings is 1. The number of hydrogen-bond acceptors (Lipinski definition) is 6. The lowest BCUT2D eigenvalue weighted by atomic mass is 10.3. The first-order chi connectivity index (χ1) is 9.53. The van der Waals surface area contributed by atoms with Crippen molar-refractivity contribution in [3.8, 4) is 5.75 Å². The van der Waals surface area contributed by atoms with Crippen LogP contribution < -0.4 is 15.2 Å². The summed E-state index contributed by atoms with van der Waals surface area (Å²) in [5, 5.41) is 7.37. The van der Waals surface area contributed by atoms with E-state index in [1.807, 2.05) is 0 Å². The van der Waals surface area contributed by atoms with Gasteiger partial charge in [-0.3, -0.25) is 4.68 Å². The van der Waals surface area contributed by atoms with Crippen molar-refractivity contribution >= 4 is 15.7 Å². The third kappa shape index (κ3) is 3.25. The molecule has 0 radical (unpaired) electrons. The summed E-state index contributed by atoms with van der Waals surface area (Å²) in [6.07, 6.45) is 3.18. The van der Waals surface area contributed by atoms with E-state index in [0.717, 1.165) is 0 Å². The molecule has 0 bridgehead atoms. The highest BCUT2D eigenvalue weighted by Crippen LogP contribution is 2.24. The van der Waals surface area contributed by atoms with Crippen molar-refractivity contribution in [2.75, 3.05) is 19.4 Å². The molecule has 2 rings (SSSR count). The number of rotatable bonds is 6. The van der Waals surface area contributed by atoms with Gasteiger partial charge in [0.1, 0.15) is 5.75 Å². The van der Waals surface area contributed by atoms with Gasteiger partial charge in [0.05, 0.1) is 30.4 Å². The topological polar surface area (TPSA) is 112 Å². The first-order valence-corrected chi connectivity index (χ1v) is 7.28. The van der Waals surface area contributed by atoms with E-state index in [-0.39, 0.29) is 17.1 Å². The van der Waals surface area contributed by atoms with Crippen molar-refractivity contribution in [2.24, 2.45) is 0 Å². The van der Waals surface area contributed by atoms with Crippen LogP contribution in [0.25, 0.3) is 0 Å². The van der Waals surface area contributed by atoms with Crippen LogP contribution in [0.1, 0.15) is 0 Å². The van der Waals surface area contributed by atoms with E-state index in [4.69, 9.17) is 10.5 Å². The van der Waals surface area contributed by atoms with Gasteiger partial charge in [0.2, 0.25) is 10.0 Å². The minimum Gasteiger partial charge on any atom is -0.495 e. The van der Waals surface area contributed by atoms with Gasteiger partial charge in [-0.1, -0.05) is 5.21 Å². The molecule has 0 aliphatic carbocycles. The van der Waals surface area contributed by atoms with Crippen LogP contribution in [-0.4, -0.2) is 37.1 Å². The van der Waals surface area contributed by atoms with E-state index >= 15 is 0 Å². The van der Waals surface area contributed by atoms with Crippen LogP contribution in [-0.2, 0) is 16.6 Å². The van der Waals surface area contributed by atoms with E-state index in [2.05, 4.69) is 15.0 Å².